The summed E-state index contributed by atoms with van der Waals surface area (Å²) in [4.78, 5) is 1.21. The second-order valence-electron chi connectivity index (χ2n) is 5.18. The maximum Gasteiger partial charge on any atom is 0.127 e. The van der Waals surface area contributed by atoms with Crippen molar-refractivity contribution >= 4 is 11.8 Å². The molecular formula is C20H18OS. The molecule has 0 aliphatic carbocycles. The minimum Gasteiger partial charge on any atom is -0.507 e. The third-order valence-electron chi connectivity index (χ3n) is 3.65. The van der Waals surface area contributed by atoms with Gasteiger partial charge in [-0.15, -0.1) is 11.8 Å². The molecule has 1 unspecified atom stereocenters. The Bertz CT molecular complexity index is 738. The van der Waals surface area contributed by atoms with Crippen molar-refractivity contribution in [1.29, 1.82) is 0 Å². The maximum absolute atomic E-state index is 10.7. The molecule has 3 rings (SSSR count). The van der Waals surface area contributed by atoms with Crippen molar-refractivity contribution in [3.8, 4) is 16.9 Å². The zero-order valence-corrected chi connectivity index (χ0v) is 13.3. The monoisotopic (exact) mass is 306 g/mol. The van der Waals surface area contributed by atoms with Crippen molar-refractivity contribution in [2.24, 2.45) is 0 Å². The zero-order chi connectivity index (χ0) is 15.4. The summed E-state index contributed by atoms with van der Waals surface area (Å²) in [7, 11) is 0. The van der Waals surface area contributed by atoms with Gasteiger partial charge in [-0.3, -0.25) is 0 Å². The quantitative estimate of drug-likeness (QED) is 0.604. The highest BCUT2D eigenvalue weighted by Crippen LogP contribution is 2.42. The molecule has 0 bridgehead atoms. The lowest BCUT2D eigenvalue weighted by Gasteiger charge is -2.16. The lowest BCUT2D eigenvalue weighted by atomic mass is 10.0. The van der Waals surface area contributed by atoms with Crippen molar-refractivity contribution in [1.82, 2.24) is 0 Å². The van der Waals surface area contributed by atoms with Gasteiger partial charge in [-0.1, -0.05) is 66.7 Å². The average Bonchev–Trinajstić information content (AvgIpc) is 2.56. The average molecular weight is 306 g/mol. The van der Waals surface area contributed by atoms with Crippen LogP contribution in [0.1, 0.15) is 17.7 Å². The summed E-state index contributed by atoms with van der Waals surface area (Å²) < 4.78 is 0. The predicted molar refractivity (Wildman–Crippen MR) is 94.3 cm³/mol. The van der Waals surface area contributed by atoms with Crippen LogP contribution in [-0.2, 0) is 0 Å². The molecule has 0 fully saturated rings. The van der Waals surface area contributed by atoms with Crippen molar-refractivity contribution < 1.29 is 5.11 Å². The Balaban J connectivity index is 1.91. The fraction of sp³-hybridized carbons (Fsp3) is 0.100. The molecule has 0 saturated heterocycles. The molecule has 3 aromatic rings. The molecular weight excluding hydrogens is 288 g/mol. The molecule has 3 aromatic carbocycles. The van der Waals surface area contributed by atoms with Crippen LogP contribution in [0.25, 0.3) is 11.1 Å². The van der Waals surface area contributed by atoms with Crippen molar-refractivity contribution in [2.45, 2.75) is 17.1 Å². The summed E-state index contributed by atoms with van der Waals surface area (Å²) in [6.45, 7) is 2.13. The van der Waals surface area contributed by atoms with Gasteiger partial charge in [0.1, 0.15) is 5.75 Å². The van der Waals surface area contributed by atoms with E-state index in [1.807, 2.05) is 66.7 Å². The van der Waals surface area contributed by atoms with Crippen LogP contribution in [0.2, 0.25) is 0 Å². The van der Waals surface area contributed by atoms with Crippen LogP contribution in [0.5, 0.6) is 5.75 Å². The van der Waals surface area contributed by atoms with E-state index >= 15 is 0 Å². The van der Waals surface area contributed by atoms with Gasteiger partial charge in [0.2, 0.25) is 0 Å². The standard InChI is InChI=1S/C20H18OS/c1-15(22-17-11-6-3-7-12-17)18-13-8-14-19(20(18)21)16-9-4-2-5-10-16/h2-15,21H,1H3. The molecule has 0 aliphatic heterocycles. The predicted octanol–water partition coefficient (Wildman–Crippen LogP) is 5.91. The first kappa shape index (κ1) is 14.7. The van der Waals surface area contributed by atoms with E-state index in [0.717, 1.165) is 16.7 Å². The molecule has 0 aromatic heterocycles. The lowest BCUT2D eigenvalue weighted by molar-refractivity contribution is 0.470. The zero-order valence-electron chi connectivity index (χ0n) is 12.4. The summed E-state index contributed by atoms with van der Waals surface area (Å²) in [6, 6.07) is 26.3. The van der Waals surface area contributed by atoms with Gasteiger partial charge in [-0.2, -0.15) is 0 Å². The fourth-order valence-electron chi connectivity index (χ4n) is 2.51. The van der Waals surface area contributed by atoms with Crippen molar-refractivity contribution in [2.75, 3.05) is 0 Å². The minimum absolute atomic E-state index is 0.186. The van der Waals surface area contributed by atoms with Crippen LogP contribution >= 0.6 is 11.8 Å². The number of para-hydroxylation sites is 1. The van der Waals surface area contributed by atoms with E-state index in [9.17, 15) is 5.11 Å². The van der Waals surface area contributed by atoms with Gasteiger partial charge < -0.3 is 5.11 Å². The highest BCUT2D eigenvalue weighted by atomic mass is 32.2. The lowest BCUT2D eigenvalue weighted by Crippen LogP contribution is -1.91. The molecule has 1 N–H and O–H groups in total. The smallest absolute Gasteiger partial charge is 0.127 e. The number of thioether (sulfide) groups is 1. The van der Waals surface area contributed by atoms with Crippen LogP contribution < -0.4 is 0 Å². The Kier molecular flexibility index (Phi) is 4.50. The van der Waals surface area contributed by atoms with Gasteiger partial charge in [0, 0.05) is 21.3 Å². The minimum atomic E-state index is 0.186. The molecule has 1 atom stereocenters. The highest BCUT2D eigenvalue weighted by molar-refractivity contribution is 7.99. The van der Waals surface area contributed by atoms with E-state index in [1.54, 1.807) is 11.8 Å². The SMILES string of the molecule is CC(Sc1ccccc1)c1cccc(-c2ccccc2)c1O. The van der Waals surface area contributed by atoms with E-state index in [4.69, 9.17) is 0 Å². The van der Waals surface area contributed by atoms with E-state index < -0.39 is 0 Å². The number of hydrogen-bond donors (Lipinski definition) is 1. The van der Waals surface area contributed by atoms with Gasteiger partial charge in [0.05, 0.1) is 0 Å². The van der Waals surface area contributed by atoms with Crippen LogP contribution in [0.15, 0.2) is 83.8 Å². The molecule has 1 nitrogen and oxygen atoms in total. The number of aromatic hydroxyl groups is 1. The summed E-state index contributed by atoms with van der Waals surface area (Å²) in [5.41, 5.74) is 2.90. The van der Waals surface area contributed by atoms with Crippen LogP contribution in [0.3, 0.4) is 0 Å². The van der Waals surface area contributed by atoms with Crippen molar-refractivity contribution in [3.63, 3.8) is 0 Å². The number of hydrogen-bond acceptors (Lipinski definition) is 2. The Hall–Kier alpha value is -2.19. The Morgan fingerprint density at radius 2 is 1.41 bits per heavy atom. The number of phenols is 1. The molecule has 0 saturated carbocycles. The second-order valence-corrected chi connectivity index (χ2v) is 6.60. The second kappa shape index (κ2) is 6.71. The summed E-state index contributed by atoms with van der Waals surface area (Å²) in [6.07, 6.45) is 0. The topological polar surface area (TPSA) is 20.2 Å². The summed E-state index contributed by atoms with van der Waals surface area (Å²) >= 11 is 1.75. The Morgan fingerprint density at radius 3 is 2.09 bits per heavy atom. The highest BCUT2D eigenvalue weighted by Gasteiger charge is 2.15. The van der Waals surface area contributed by atoms with Gasteiger partial charge >= 0.3 is 0 Å². The Morgan fingerprint density at radius 1 is 0.773 bits per heavy atom. The number of rotatable bonds is 4. The first-order chi connectivity index (χ1) is 10.8. The van der Waals surface area contributed by atoms with Gasteiger partial charge in [0.15, 0.2) is 0 Å². The van der Waals surface area contributed by atoms with Crippen LogP contribution in [0.4, 0.5) is 0 Å². The molecule has 0 heterocycles. The molecule has 0 spiro atoms. The largest absolute Gasteiger partial charge is 0.507 e. The summed E-state index contributed by atoms with van der Waals surface area (Å²) in [5.74, 6) is 0.379. The van der Waals surface area contributed by atoms with Crippen LogP contribution in [-0.4, -0.2) is 5.11 Å². The van der Waals surface area contributed by atoms with E-state index in [1.165, 1.54) is 4.90 Å². The van der Waals surface area contributed by atoms with Gasteiger partial charge in [-0.05, 0) is 24.6 Å². The molecule has 2 heteroatoms. The molecule has 0 amide bonds. The van der Waals surface area contributed by atoms with Gasteiger partial charge in [-0.25, -0.2) is 0 Å². The Labute approximate surface area is 135 Å². The third-order valence-corrected chi connectivity index (χ3v) is 4.80. The first-order valence-electron chi connectivity index (χ1n) is 7.34. The number of benzene rings is 3. The fourth-order valence-corrected chi connectivity index (χ4v) is 3.55. The van der Waals surface area contributed by atoms with E-state index in [0.29, 0.717) is 5.75 Å². The van der Waals surface area contributed by atoms with Gasteiger partial charge in [0.25, 0.3) is 0 Å². The normalized spacial score (nSPS) is 12.0. The third kappa shape index (κ3) is 3.18. The first-order valence-corrected chi connectivity index (χ1v) is 8.22. The molecule has 0 aliphatic rings. The maximum atomic E-state index is 10.7. The van der Waals surface area contributed by atoms with Crippen molar-refractivity contribution in [3.05, 3.63) is 84.4 Å². The van der Waals surface area contributed by atoms with Crippen LogP contribution in [0, 0.1) is 0 Å². The van der Waals surface area contributed by atoms with E-state index in [2.05, 4.69) is 19.1 Å². The summed E-state index contributed by atoms with van der Waals surface area (Å²) in [5, 5.41) is 10.9. The molecule has 0 radical (unpaired) electrons. The van der Waals surface area contributed by atoms with E-state index in [-0.39, 0.29) is 5.25 Å². The number of phenolic OH excluding ortho intramolecular Hbond substituents is 1. The molecule has 110 valence electrons. The molecule has 22 heavy (non-hydrogen) atoms.